The highest BCUT2D eigenvalue weighted by Gasteiger charge is 2.48. The molecule has 1 unspecified atom stereocenters. The first-order valence-corrected chi connectivity index (χ1v) is 5.45. The predicted octanol–water partition coefficient (Wildman–Crippen LogP) is 0.271. The maximum atomic E-state index is 5.85. The average molecular weight is 208 g/mol. The SMILES string of the molecule is c1cc(C2(C3CNCCO3)COC2)c[nH]1. The third-order valence-electron chi connectivity index (χ3n) is 3.44. The van der Waals surface area contributed by atoms with Crippen molar-refractivity contribution in [3.8, 4) is 0 Å². The molecular weight excluding hydrogens is 192 g/mol. The molecular formula is C11H16N2O2. The van der Waals surface area contributed by atoms with Crippen molar-refractivity contribution < 1.29 is 9.47 Å². The number of rotatable bonds is 2. The molecule has 3 rings (SSSR count). The summed E-state index contributed by atoms with van der Waals surface area (Å²) < 4.78 is 11.2. The second kappa shape index (κ2) is 3.63. The molecule has 1 aromatic heterocycles. The average Bonchev–Trinajstić information content (AvgIpc) is 2.72. The van der Waals surface area contributed by atoms with Gasteiger partial charge in [-0.25, -0.2) is 0 Å². The number of ether oxygens (including phenoxy) is 2. The fraction of sp³-hybridized carbons (Fsp3) is 0.636. The van der Waals surface area contributed by atoms with Crippen LogP contribution in [0.4, 0.5) is 0 Å². The minimum Gasteiger partial charge on any atom is -0.379 e. The molecule has 0 aliphatic carbocycles. The summed E-state index contributed by atoms with van der Waals surface area (Å²) in [4.78, 5) is 3.11. The van der Waals surface area contributed by atoms with E-state index in [0.717, 1.165) is 32.9 Å². The Labute approximate surface area is 89.0 Å². The monoisotopic (exact) mass is 208 g/mol. The Morgan fingerprint density at radius 2 is 2.33 bits per heavy atom. The van der Waals surface area contributed by atoms with Crippen molar-refractivity contribution in [3.05, 3.63) is 24.0 Å². The van der Waals surface area contributed by atoms with Crippen LogP contribution in [0.2, 0.25) is 0 Å². The number of aromatic amines is 1. The second-order valence-electron chi connectivity index (χ2n) is 4.31. The molecule has 2 N–H and O–H groups in total. The van der Waals surface area contributed by atoms with E-state index in [4.69, 9.17) is 9.47 Å². The van der Waals surface area contributed by atoms with Gasteiger partial charge in [-0.15, -0.1) is 0 Å². The van der Waals surface area contributed by atoms with Crippen LogP contribution in [-0.2, 0) is 14.9 Å². The van der Waals surface area contributed by atoms with Gasteiger partial charge in [0.1, 0.15) is 0 Å². The zero-order valence-electron chi connectivity index (χ0n) is 8.66. The Hall–Kier alpha value is -0.840. The van der Waals surface area contributed by atoms with Crippen molar-refractivity contribution in [2.24, 2.45) is 0 Å². The van der Waals surface area contributed by atoms with Crippen LogP contribution in [0.3, 0.4) is 0 Å². The molecule has 0 amide bonds. The molecule has 0 spiro atoms. The first-order valence-electron chi connectivity index (χ1n) is 5.45. The van der Waals surface area contributed by atoms with Crippen LogP contribution in [0.1, 0.15) is 5.56 Å². The minimum absolute atomic E-state index is 0.0768. The van der Waals surface area contributed by atoms with E-state index >= 15 is 0 Å². The number of nitrogens with one attached hydrogen (secondary N) is 2. The van der Waals surface area contributed by atoms with E-state index in [2.05, 4.69) is 22.6 Å². The molecule has 82 valence electrons. The molecule has 15 heavy (non-hydrogen) atoms. The molecule has 4 heteroatoms. The van der Waals surface area contributed by atoms with Crippen LogP contribution in [0.25, 0.3) is 0 Å². The lowest BCUT2D eigenvalue weighted by molar-refractivity contribution is -0.146. The first-order chi connectivity index (χ1) is 7.42. The molecule has 0 aromatic carbocycles. The van der Waals surface area contributed by atoms with E-state index in [1.165, 1.54) is 5.56 Å². The van der Waals surface area contributed by atoms with Crippen LogP contribution in [0, 0.1) is 0 Å². The van der Waals surface area contributed by atoms with E-state index in [1.54, 1.807) is 0 Å². The van der Waals surface area contributed by atoms with Crippen molar-refractivity contribution in [3.63, 3.8) is 0 Å². The quantitative estimate of drug-likeness (QED) is 0.733. The van der Waals surface area contributed by atoms with Crippen LogP contribution < -0.4 is 5.32 Å². The molecule has 1 atom stereocenters. The van der Waals surface area contributed by atoms with Crippen LogP contribution in [-0.4, -0.2) is 44.0 Å². The first kappa shape index (κ1) is 9.39. The highest BCUT2D eigenvalue weighted by atomic mass is 16.5. The van der Waals surface area contributed by atoms with Gasteiger partial charge >= 0.3 is 0 Å². The van der Waals surface area contributed by atoms with E-state index in [1.807, 2.05) is 6.20 Å². The molecule has 2 aliphatic heterocycles. The maximum absolute atomic E-state index is 5.85. The summed E-state index contributed by atoms with van der Waals surface area (Å²) in [5.74, 6) is 0. The van der Waals surface area contributed by atoms with Crippen molar-refractivity contribution in [1.82, 2.24) is 10.3 Å². The summed E-state index contributed by atoms with van der Waals surface area (Å²) in [7, 11) is 0. The van der Waals surface area contributed by atoms with Gasteiger partial charge in [0.25, 0.3) is 0 Å². The normalized spacial score (nSPS) is 29.7. The Bertz CT molecular complexity index is 313. The van der Waals surface area contributed by atoms with Gasteiger partial charge in [-0.2, -0.15) is 0 Å². The highest BCUT2D eigenvalue weighted by Crippen LogP contribution is 2.37. The van der Waals surface area contributed by atoms with E-state index < -0.39 is 0 Å². The lowest BCUT2D eigenvalue weighted by Gasteiger charge is -2.47. The summed E-state index contributed by atoms with van der Waals surface area (Å²) in [5, 5.41) is 3.38. The summed E-state index contributed by atoms with van der Waals surface area (Å²) >= 11 is 0. The van der Waals surface area contributed by atoms with Crippen molar-refractivity contribution in [2.45, 2.75) is 11.5 Å². The molecule has 2 fully saturated rings. The van der Waals surface area contributed by atoms with Gasteiger partial charge in [0, 0.05) is 25.5 Å². The Morgan fingerprint density at radius 3 is 2.87 bits per heavy atom. The molecule has 0 radical (unpaired) electrons. The largest absolute Gasteiger partial charge is 0.379 e. The molecule has 1 aromatic rings. The topological polar surface area (TPSA) is 46.3 Å². The molecule has 2 saturated heterocycles. The summed E-state index contributed by atoms with van der Waals surface area (Å²) in [6.45, 7) is 4.24. The Balaban J connectivity index is 1.85. The molecule has 0 bridgehead atoms. The lowest BCUT2D eigenvalue weighted by atomic mass is 9.74. The lowest BCUT2D eigenvalue weighted by Crippen LogP contribution is -2.61. The van der Waals surface area contributed by atoms with Crippen molar-refractivity contribution >= 4 is 0 Å². The summed E-state index contributed by atoms with van der Waals surface area (Å²) in [5.41, 5.74) is 1.38. The summed E-state index contributed by atoms with van der Waals surface area (Å²) in [6.07, 6.45) is 4.27. The number of hydrogen-bond donors (Lipinski definition) is 2. The van der Waals surface area contributed by atoms with Gasteiger partial charge in [0.2, 0.25) is 0 Å². The predicted molar refractivity (Wildman–Crippen MR) is 55.9 cm³/mol. The minimum atomic E-state index is 0.0768. The third-order valence-corrected chi connectivity index (χ3v) is 3.44. The van der Waals surface area contributed by atoms with Gasteiger partial charge in [0.15, 0.2) is 0 Å². The zero-order valence-corrected chi connectivity index (χ0v) is 8.66. The van der Waals surface area contributed by atoms with E-state index in [9.17, 15) is 0 Å². The van der Waals surface area contributed by atoms with E-state index in [0.29, 0.717) is 0 Å². The highest BCUT2D eigenvalue weighted by molar-refractivity contribution is 5.28. The van der Waals surface area contributed by atoms with Crippen molar-refractivity contribution in [1.29, 1.82) is 0 Å². The zero-order chi connectivity index (χ0) is 10.1. The van der Waals surface area contributed by atoms with Crippen LogP contribution >= 0.6 is 0 Å². The summed E-state index contributed by atoms with van der Waals surface area (Å²) in [6, 6.07) is 2.13. The van der Waals surface area contributed by atoms with Crippen LogP contribution in [0.15, 0.2) is 18.5 Å². The molecule has 2 aliphatic rings. The smallest absolute Gasteiger partial charge is 0.0841 e. The van der Waals surface area contributed by atoms with Crippen molar-refractivity contribution in [2.75, 3.05) is 32.9 Å². The fourth-order valence-corrected chi connectivity index (χ4v) is 2.41. The number of H-pyrrole nitrogens is 1. The van der Waals surface area contributed by atoms with Crippen LogP contribution in [0.5, 0.6) is 0 Å². The Morgan fingerprint density at radius 1 is 1.40 bits per heavy atom. The second-order valence-corrected chi connectivity index (χ2v) is 4.31. The number of morpholine rings is 1. The number of aromatic nitrogens is 1. The third kappa shape index (κ3) is 1.40. The van der Waals surface area contributed by atoms with Gasteiger partial charge in [0.05, 0.1) is 31.3 Å². The molecule has 0 saturated carbocycles. The Kier molecular flexibility index (Phi) is 2.27. The van der Waals surface area contributed by atoms with Gasteiger partial charge in [-0.1, -0.05) is 0 Å². The standard InChI is InChI=1S/C11H16N2O2/c1-2-12-5-9(1)11(7-14-8-11)10-6-13-3-4-15-10/h1-2,5,10,12-13H,3-4,6-8H2. The van der Waals surface area contributed by atoms with Gasteiger partial charge < -0.3 is 19.8 Å². The fourth-order valence-electron chi connectivity index (χ4n) is 2.41. The molecule has 3 heterocycles. The van der Waals surface area contributed by atoms with Gasteiger partial charge in [-0.3, -0.25) is 0 Å². The van der Waals surface area contributed by atoms with E-state index in [-0.39, 0.29) is 11.5 Å². The van der Waals surface area contributed by atoms with Gasteiger partial charge in [-0.05, 0) is 11.6 Å². The number of hydrogen-bond acceptors (Lipinski definition) is 3. The maximum Gasteiger partial charge on any atom is 0.0841 e. The molecule has 4 nitrogen and oxygen atoms in total.